The Morgan fingerprint density at radius 1 is 1.16 bits per heavy atom. The number of amides is 2. The third-order valence-corrected chi connectivity index (χ3v) is 4.90. The van der Waals surface area contributed by atoms with Gasteiger partial charge in [-0.15, -0.1) is 0 Å². The van der Waals surface area contributed by atoms with E-state index in [4.69, 9.17) is 4.74 Å². The van der Waals surface area contributed by atoms with Crippen LogP contribution >= 0.6 is 0 Å². The molecule has 4 rings (SSSR count). The molecule has 2 amide bonds. The minimum Gasteiger partial charge on any atom is -0.378 e. The lowest BCUT2D eigenvalue weighted by atomic mass is 9.94. The molecule has 0 spiro atoms. The van der Waals surface area contributed by atoms with Gasteiger partial charge in [0.1, 0.15) is 0 Å². The first-order chi connectivity index (χ1) is 12.1. The largest absolute Gasteiger partial charge is 0.378 e. The Morgan fingerprint density at radius 2 is 1.96 bits per heavy atom. The van der Waals surface area contributed by atoms with Gasteiger partial charge in [-0.1, -0.05) is 18.2 Å². The number of benzene rings is 2. The highest BCUT2D eigenvalue weighted by molar-refractivity contribution is 6.00. The summed E-state index contributed by atoms with van der Waals surface area (Å²) in [7, 11) is 0. The average Bonchev–Trinajstić information content (AvgIpc) is 3.01. The molecule has 2 aromatic rings. The number of carbonyl (C=O) groups excluding carboxylic acids is 2. The molecule has 1 N–H and O–H groups in total. The van der Waals surface area contributed by atoms with Crippen LogP contribution in [0.3, 0.4) is 0 Å². The van der Waals surface area contributed by atoms with Gasteiger partial charge in [-0.25, -0.2) is 0 Å². The third kappa shape index (κ3) is 2.91. The van der Waals surface area contributed by atoms with Crippen LogP contribution in [0.5, 0.6) is 0 Å². The Bertz CT molecular complexity index is 854. The van der Waals surface area contributed by atoms with E-state index in [1.165, 1.54) is 0 Å². The fourth-order valence-electron chi connectivity index (χ4n) is 3.51. The minimum absolute atomic E-state index is 0.0279. The van der Waals surface area contributed by atoms with E-state index >= 15 is 0 Å². The van der Waals surface area contributed by atoms with Crippen molar-refractivity contribution in [1.29, 1.82) is 0 Å². The number of fused-ring (bicyclic) bond motifs is 1. The van der Waals surface area contributed by atoms with Gasteiger partial charge in [0.25, 0.3) is 5.91 Å². The molecule has 1 fully saturated rings. The number of ether oxygens (including phenoxy) is 1. The Hall–Kier alpha value is -2.66. The monoisotopic (exact) mass is 336 g/mol. The number of anilines is 1. The van der Waals surface area contributed by atoms with Crippen molar-refractivity contribution in [1.82, 2.24) is 4.90 Å². The topological polar surface area (TPSA) is 58.6 Å². The van der Waals surface area contributed by atoms with E-state index in [2.05, 4.69) is 5.32 Å². The number of hydrogen-bond donors (Lipinski definition) is 1. The first-order valence-electron chi connectivity index (χ1n) is 8.53. The van der Waals surface area contributed by atoms with Crippen molar-refractivity contribution in [2.24, 2.45) is 0 Å². The number of hydrogen-bond acceptors (Lipinski definition) is 3. The van der Waals surface area contributed by atoms with Crippen LogP contribution in [-0.2, 0) is 16.0 Å². The molecule has 0 aliphatic carbocycles. The van der Waals surface area contributed by atoms with Gasteiger partial charge in [0.05, 0.1) is 19.6 Å². The number of nitrogens with zero attached hydrogens (tertiary/aromatic N) is 1. The van der Waals surface area contributed by atoms with Crippen LogP contribution in [0.15, 0.2) is 36.4 Å². The molecule has 128 valence electrons. The van der Waals surface area contributed by atoms with Crippen molar-refractivity contribution in [3.8, 4) is 11.1 Å². The molecule has 2 heterocycles. The van der Waals surface area contributed by atoms with Crippen molar-refractivity contribution in [2.75, 3.05) is 31.6 Å². The van der Waals surface area contributed by atoms with Gasteiger partial charge in [0.15, 0.2) is 0 Å². The van der Waals surface area contributed by atoms with Crippen molar-refractivity contribution >= 4 is 17.5 Å². The zero-order valence-electron chi connectivity index (χ0n) is 14.2. The molecule has 0 atom stereocenters. The molecule has 0 saturated carbocycles. The van der Waals surface area contributed by atoms with E-state index in [1.54, 1.807) is 0 Å². The fraction of sp³-hybridized carbons (Fsp3) is 0.300. The van der Waals surface area contributed by atoms with E-state index in [0.29, 0.717) is 32.7 Å². The van der Waals surface area contributed by atoms with Gasteiger partial charge in [0.2, 0.25) is 5.91 Å². The van der Waals surface area contributed by atoms with Crippen LogP contribution in [-0.4, -0.2) is 43.0 Å². The molecule has 2 aliphatic rings. The summed E-state index contributed by atoms with van der Waals surface area (Å²) >= 11 is 0. The van der Waals surface area contributed by atoms with Gasteiger partial charge in [-0.05, 0) is 47.4 Å². The van der Waals surface area contributed by atoms with Gasteiger partial charge in [-0.3, -0.25) is 9.59 Å². The van der Waals surface area contributed by atoms with Crippen molar-refractivity contribution in [2.45, 2.75) is 13.3 Å². The first-order valence-corrected chi connectivity index (χ1v) is 8.53. The molecular formula is C20H20N2O3. The minimum atomic E-state index is 0.0279. The Kier molecular flexibility index (Phi) is 4.01. The van der Waals surface area contributed by atoms with E-state index in [0.717, 1.165) is 33.5 Å². The van der Waals surface area contributed by atoms with E-state index in [1.807, 2.05) is 48.2 Å². The maximum absolute atomic E-state index is 12.9. The van der Waals surface area contributed by atoms with Gasteiger partial charge in [-0.2, -0.15) is 0 Å². The zero-order chi connectivity index (χ0) is 17.4. The number of rotatable bonds is 2. The van der Waals surface area contributed by atoms with Crippen LogP contribution in [0.25, 0.3) is 11.1 Å². The third-order valence-electron chi connectivity index (χ3n) is 4.90. The first kappa shape index (κ1) is 15.8. The predicted octanol–water partition coefficient (Wildman–Crippen LogP) is 2.63. The quantitative estimate of drug-likeness (QED) is 0.917. The second-order valence-electron chi connectivity index (χ2n) is 6.48. The standard InChI is InChI=1S/C20H20N2O3/c1-13-16(14-5-6-18-15(11-14)12-19(23)21-18)3-2-4-17(13)20(24)22-7-9-25-10-8-22/h2-6,11H,7-10,12H2,1H3,(H,21,23). The highest BCUT2D eigenvalue weighted by Gasteiger charge is 2.22. The summed E-state index contributed by atoms with van der Waals surface area (Å²) in [5.41, 5.74) is 5.65. The van der Waals surface area contributed by atoms with Crippen LogP contribution in [0.4, 0.5) is 5.69 Å². The Balaban J connectivity index is 1.69. The van der Waals surface area contributed by atoms with E-state index < -0.39 is 0 Å². The molecule has 0 unspecified atom stereocenters. The van der Waals surface area contributed by atoms with Gasteiger partial charge in [0, 0.05) is 24.3 Å². The summed E-state index contributed by atoms with van der Waals surface area (Å²) in [5, 5.41) is 2.85. The van der Waals surface area contributed by atoms with Crippen molar-refractivity contribution in [3.63, 3.8) is 0 Å². The molecule has 0 radical (unpaired) electrons. The van der Waals surface area contributed by atoms with Crippen molar-refractivity contribution < 1.29 is 14.3 Å². The fourth-order valence-corrected chi connectivity index (χ4v) is 3.51. The zero-order valence-corrected chi connectivity index (χ0v) is 14.2. The summed E-state index contributed by atoms with van der Waals surface area (Å²) in [4.78, 5) is 26.3. The summed E-state index contributed by atoms with van der Waals surface area (Å²) < 4.78 is 5.33. The summed E-state index contributed by atoms with van der Waals surface area (Å²) in [6.07, 6.45) is 0.411. The molecule has 2 aliphatic heterocycles. The van der Waals surface area contributed by atoms with Crippen LogP contribution in [0, 0.1) is 6.92 Å². The molecule has 5 nitrogen and oxygen atoms in total. The summed E-state index contributed by atoms with van der Waals surface area (Å²) in [6.45, 7) is 4.44. The average molecular weight is 336 g/mol. The van der Waals surface area contributed by atoms with Crippen molar-refractivity contribution in [3.05, 3.63) is 53.1 Å². The van der Waals surface area contributed by atoms with Crippen LogP contribution in [0.2, 0.25) is 0 Å². The molecule has 0 bridgehead atoms. The summed E-state index contributed by atoms with van der Waals surface area (Å²) in [6, 6.07) is 11.8. The van der Waals surface area contributed by atoms with Crippen LogP contribution < -0.4 is 5.32 Å². The normalized spacial score (nSPS) is 16.5. The number of carbonyl (C=O) groups is 2. The SMILES string of the molecule is Cc1c(C(=O)N2CCOCC2)cccc1-c1ccc2c(c1)CC(=O)N2. The molecular weight excluding hydrogens is 316 g/mol. The Morgan fingerprint density at radius 3 is 2.76 bits per heavy atom. The lowest BCUT2D eigenvalue weighted by molar-refractivity contribution is -0.115. The second-order valence-corrected chi connectivity index (χ2v) is 6.48. The second kappa shape index (κ2) is 6.33. The number of nitrogens with one attached hydrogen (secondary N) is 1. The highest BCUT2D eigenvalue weighted by Crippen LogP contribution is 2.32. The predicted molar refractivity (Wildman–Crippen MR) is 95.7 cm³/mol. The maximum atomic E-state index is 12.9. The van der Waals surface area contributed by atoms with E-state index in [9.17, 15) is 9.59 Å². The smallest absolute Gasteiger partial charge is 0.254 e. The van der Waals surface area contributed by atoms with Crippen LogP contribution in [0.1, 0.15) is 21.5 Å². The maximum Gasteiger partial charge on any atom is 0.254 e. The highest BCUT2D eigenvalue weighted by atomic mass is 16.5. The summed E-state index contributed by atoms with van der Waals surface area (Å²) in [5.74, 6) is 0.0840. The molecule has 25 heavy (non-hydrogen) atoms. The van der Waals surface area contributed by atoms with Gasteiger partial charge >= 0.3 is 0 Å². The van der Waals surface area contributed by atoms with Gasteiger partial charge < -0.3 is 15.0 Å². The van der Waals surface area contributed by atoms with E-state index in [-0.39, 0.29) is 11.8 Å². The lowest BCUT2D eigenvalue weighted by Crippen LogP contribution is -2.40. The molecule has 5 heteroatoms. The number of morpholine rings is 1. The molecule has 2 aromatic carbocycles. The lowest BCUT2D eigenvalue weighted by Gasteiger charge is -2.27. The molecule has 0 aromatic heterocycles. The Labute approximate surface area is 146 Å². The molecule has 1 saturated heterocycles.